The Morgan fingerprint density at radius 2 is 2.08 bits per heavy atom. The molecule has 7 heteroatoms. The van der Waals surface area contributed by atoms with E-state index in [1.54, 1.807) is 17.7 Å². The zero-order chi connectivity index (χ0) is 17.4. The number of carboxylic acids is 1. The van der Waals surface area contributed by atoms with Gasteiger partial charge in [0.05, 0.1) is 11.3 Å². The Morgan fingerprint density at radius 3 is 2.84 bits per heavy atom. The van der Waals surface area contributed by atoms with E-state index >= 15 is 0 Å². The maximum atomic E-state index is 11.4. The van der Waals surface area contributed by atoms with E-state index in [-0.39, 0.29) is 5.92 Å². The van der Waals surface area contributed by atoms with Crippen LogP contribution in [-0.4, -0.2) is 34.1 Å². The molecular formula is C18H16ClN3O2S. The third-order valence-electron chi connectivity index (χ3n) is 4.58. The highest BCUT2D eigenvalue weighted by atomic mass is 35.5. The number of aliphatic carboxylic acids is 1. The van der Waals surface area contributed by atoms with Crippen molar-refractivity contribution in [1.82, 2.24) is 9.97 Å². The lowest BCUT2D eigenvalue weighted by atomic mass is 9.97. The Bertz CT molecular complexity index is 926. The van der Waals surface area contributed by atoms with Crippen molar-refractivity contribution in [3.05, 3.63) is 41.0 Å². The van der Waals surface area contributed by atoms with Crippen molar-refractivity contribution in [3.63, 3.8) is 0 Å². The smallest absolute Gasteiger partial charge is 0.308 e. The van der Waals surface area contributed by atoms with Crippen LogP contribution in [0.5, 0.6) is 0 Å². The zero-order valence-electron chi connectivity index (χ0n) is 13.4. The number of thiophene rings is 1. The predicted octanol–water partition coefficient (Wildman–Crippen LogP) is 4.31. The van der Waals surface area contributed by atoms with Crippen LogP contribution in [0.15, 0.2) is 36.0 Å². The molecule has 0 bridgehead atoms. The molecule has 0 radical (unpaired) electrons. The molecule has 3 aromatic rings. The monoisotopic (exact) mass is 373 g/mol. The summed E-state index contributed by atoms with van der Waals surface area (Å²) in [6, 6.07) is 7.70. The first kappa shape index (κ1) is 16.3. The number of carboxylic acid groups (broad SMARTS) is 1. The molecule has 0 spiro atoms. The number of carbonyl (C=O) groups is 1. The van der Waals surface area contributed by atoms with Gasteiger partial charge < -0.3 is 10.0 Å². The van der Waals surface area contributed by atoms with Crippen molar-refractivity contribution >= 4 is 44.9 Å². The number of fused-ring (bicyclic) bond motifs is 1. The van der Waals surface area contributed by atoms with Crippen LogP contribution in [0.2, 0.25) is 5.02 Å². The largest absolute Gasteiger partial charge is 0.481 e. The molecular weight excluding hydrogens is 358 g/mol. The fraction of sp³-hybridized carbons (Fsp3) is 0.278. The number of hydrogen-bond acceptors (Lipinski definition) is 5. The van der Waals surface area contributed by atoms with E-state index < -0.39 is 5.97 Å². The second-order valence-corrected chi connectivity index (χ2v) is 7.45. The van der Waals surface area contributed by atoms with E-state index in [9.17, 15) is 9.90 Å². The van der Waals surface area contributed by atoms with Crippen molar-refractivity contribution in [2.45, 2.75) is 12.8 Å². The molecule has 1 aliphatic rings. The summed E-state index contributed by atoms with van der Waals surface area (Å²) in [7, 11) is 0. The van der Waals surface area contributed by atoms with Crippen LogP contribution in [0.25, 0.3) is 21.3 Å². The van der Waals surface area contributed by atoms with Gasteiger partial charge >= 0.3 is 5.97 Å². The van der Waals surface area contributed by atoms with Gasteiger partial charge in [-0.1, -0.05) is 23.7 Å². The molecule has 1 fully saturated rings. The number of aromatic nitrogens is 2. The number of piperidine rings is 1. The van der Waals surface area contributed by atoms with Gasteiger partial charge in [0.15, 0.2) is 0 Å². The normalized spacial score (nSPS) is 17.8. The summed E-state index contributed by atoms with van der Waals surface area (Å²) in [6.45, 7) is 1.29. The van der Waals surface area contributed by atoms with Gasteiger partial charge in [0.25, 0.3) is 0 Å². The molecule has 0 saturated carbocycles. The van der Waals surface area contributed by atoms with E-state index in [0.29, 0.717) is 18.0 Å². The maximum Gasteiger partial charge on any atom is 0.308 e. The first-order valence-electron chi connectivity index (χ1n) is 8.09. The Balaban J connectivity index is 1.80. The molecule has 2 aromatic heterocycles. The third kappa shape index (κ3) is 3.07. The number of nitrogens with zero attached hydrogens (tertiary/aromatic N) is 3. The highest BCUT2D eigenvalue weighted by Crippen LogP contribution is 2.39. The SMILES string of the molecule is O=C(O)[C@H]1CCCN(c2ncnc3scc(-c4ccc(Cl)cc4)c23)C1. The Labute approximate surface area is 153 Å². The van der Waals surface area contributed by atoms with Crippen molar-refractivity contribution in [2.75, 3.05) is 18.0 Å². The molecule has 3 heterocycles. The standard InChI is InChI=1S/C18H16ClN3O2S/c19-13-5-3-11(4-6-13)14-9-25-17-15(14)16(20-10-21-17)22-7-1-2-12(8-22)18(23)24/h3-6,9-10,12H,1-2,7-8H2,(H,23,24)/t12-/m0/s1. The zero-order valence-corrected chi connectivity index (χ0v) is 14.9. The Morgan fingerprint density at radius 1 is 1.28 bits per heavy atom. The third-order valence-corrected chi connectivity index (χ3v) is 5.71. The van der Waals surface area contributed by atoms with Gasteiger partial charge in [-0.2, -0.15) is 0 Å². The van der Waals surface area contributed by atoms with Crippen LogP contribution in [-0.2, 0) is 4.79 Å². The first-order valence-corrected chi connectivity index (χ1v) is 9.35. The first-order chi connectivity index (χ1) is 12.1. The molecule has 25 heavy (non-hydrogen) atoms. The Hall–Kier alpha value is -2.18. The van der Waals surface area contributed by atoms with Gasteiger partial charge in [0.1, 0.15) is 17.0 Å². The summed E-state index contributed by atoms with van der Waals surface area (Å²) in [5.41, 5.74) is 2.11. The highest BCUT2D eigenvalue weighted by molar-refractivity contribution is 7.17. The lowest BCUT2D eigenvalue weighted by Crippen LogP contribution is -2.39. The molecule has 1 saturated heterocycles. The van der Waals surface area contributed by atoms with Crippen LogP contribution in [0.4, 0.5) is 5.82 Å². The number of anilines is 1. The van der Waals surface area contributed by atoms with Crippen molar-refractivity contribution in [2.24, 2.45) is 5.92 Å². The highest BCUT2D eigenvalue weighted by Gasteiger charge is 2.28. The van der Waals surface area contributed by atoms with Crippen molar-refractivity contribution in [1.29, 1.82) is 0 Å². The molecule has 128 valence electrons. The number of rotatable bonds is 3. The van der Waals surface area contributed by atoms with Crippen LogP contribution < -0.4 is 4.90 Å². The second kappa shape index (κ2) is 6.61. The quantitative estimate of drug-likeness (QED) is 0.740. The molecule has 1 aromatic carbocycles. The minimum Gasteiger partial charge on any atom is -0.481 e. The lowest BCUT2D eigenvalue weighted by molar-refractivity contribution is -0.141. The average molecular weight is 374 g/mol. The van der Waals surface area contributed by atoms with E-state index in [4.69, 9.17) is 11.6 Å². The van der Waals surface area contributed by atoms with E-state index in [1.807, 2.05) is 24.3 Å². The fourth-order valence-corrected chi connectivity index (χ4v) is 4.35. The minimum absolute atomic E-state index is 0.351. The maximum absolute atomic E-state index is 11.4. The fourth-order valence-electron chi connectivity index (χ4n) is 3.31. The van der Waals surface area contributed by atoms with Crippen LogP contribution in [0, 0.1) is 5.92 Å². The topological polar surface area (TPSA) is 66.3 Å². The summed E-state index contributed by atoms with van der Waals surface area (Å²) in [5, 5.41) is 13.1. The van der Waals surface area contributed by atoms with Gasteiger partial charge in [0.2, 0.25) is 0 Å². The number of benzene rings is 1. The van der Waals surface area contributed by atoms with Crippen LogP contribution in [0.1, 0.15) is 12.8 Å². The second-order valence-electron chi connectivity index (χ2n) is 6.16. The molecule has 1 atom stereocenters. The van der Waals surface area contributed by atoms with Gasteiger partial charge in [-0.3, -0.25) is 4.79 Å². The summed E-state index contributed by atoms with van der Waals surface area (Å²) < 4.78 is 0. The molecule has 5 nitrogen and oxygen atoms in total. The van der Waals surface area contributed by atoms with Gasteiger partial charge in [0, 0.05) is 29.1 Å². The molecule has 4 rings (SSSR count). The van der Waals surface area contributed by atoms with E-state index in [2.05, 4.69) is 20.2 Å². The summed E-state index contributed by atoms with van der Waals surface area (Å²) in [6.07, 6.45) is 3.13. The number of hydrogen-bond donors (Lipinski definition) is 1. The molecule has 0 amide bonds. The van der Waals surface area contributed by atoms with E-state index in [1.165, 1.54) is 0 Å². The number of halogens is 1. The minimum atomic E-state index is -0.738. The molecule has 1 aliphatic heterocycles. The average Bonchev–Trinajstić information content (AvgIpc) is 3.06. The van der Waals surface area contributed by atoms with Gasteiger partial charge in [-0.25, -0.2) is 9.97 Å². The van der Waals surface area contributed by atoms with Crippen molar-refractivity contribution in [3.8, 4) is 11.1 Å². The molecule has 0 aliphatic carbocycles. The Kier molecular flexibility index (Phi) is 4.31. The van der Waals surface area contributed by atoms with Crippen LogP contribution in [0.3, 0.4) is 0 Å². The summed E-state index contributed by atoms with van der Waals surface area (Å²) in [5.74, 6) is -0.267. The lowest BCUT2D eigenvalue weighted by Gasteiger charge is -2.32. The van der Waals surface area contributed by atoms with Crippen molar-refractivity contribution < 1.29 is 9.90 Å². The molecule has 0 unspecified atom stereocenters. The van der Waals surface area contributed by atoms with Crippen LogP contribution >= 0.6 is 22.9 Å². The molecule has 1 N–H and O–H groups in total. The van der Waals surface area contributed by atoms with Gasteiger partial charge in [-0.05, 0) is 30.5 Å². The predicted molar refractivity (Wildman–Crippen MR) is 100 cm³/mol. The van der Waals surface area contributed by atoms with Gasteiger partial charge in [-0.15, -0.1) is 11.3 Å². The summed E-state index contributed by atoms with van der Waals surface area (Å²) >= 11 is 7.58. The summed E-state index contributed by atoms with van der Waals surface area (Å²) in [4.78, 5) is 23.3. The van der Waals surface area contributed by atoms with E-state index in [0.717, 1.165) is 40.1 Å².